The van der Waals surface area contributed by atoms with Gasteiger partial charge in [0.2, 0.25) is 0 Å². The first-order valence-corrected chi connectivity index (χ1v) is 6.80. The zero-order valence-electron chi connectivity index (χ0n) is 12.0. The van der Waals surface area contributed by atoms with E-state index in [0.717, 1.165) is 28.2 Å². The van der Waals surface area contributed by atoms with E-state index in [4.69, 9.17) is 4.98 Å². The zero-order valence-corrected chi connectivity index (χ0v) is 12.0. The second-order valence-electron chi connectivity index (χ2n) is 5.27. The second kappa shape index (κ2) is 4.76. The van der Waals surface area contributed by atoms with E-state index >= 15 is 0 Å². The number of aliphatic hydroxyl groups is 1. The van der Waals surface area contributed by atoms with Crippen molar-refractivity contribution in [3.8, 4) is 11.3 Å². The molecule has 1 atom stereocenters. The van der Waals surface area contributed by atoms with Gasteiger partial charge in [0.25, 0.3) is 0 Å². The van der Waals surface area contributed by atoms with E-state index in [-0.39, 0.29) is 0 Å². The van der Waals surface area contributed by atoms with Crippen molar-refractivity contribution in [1.29, 1.82) is 0 Å². The van der Waals surface area contributed by atoms with Crippen LogP contribution in [-0.2, 0) is 0 Å². The summed E-state index contributed by atoms with van der Waals surface area (Å²) in [5.41, 5.74) is 5.95. The number of imidazole rings is 1. The Balaban J connectivity index is 2.32. The van der Waals surface area contributed by atoms with Gasteiger partial charge in [-0.15, -0.1) is 0 Å². The van der Waals surface area contributed by atoms with Crippen molar-refractivity contribution >= 4 is 5.65 Å². The molecule has 102 valence electrons. The molecule has 2 aromatic heterocycles. The summed E-state index contributed by atoms with van der Waals surface area (Å²) in [4.78, 5) is 4.74. The largest absolute Gasteiger partial charge is 0.387 e. The molecule has 0 aliphatic heterocycles. The van der Waals surface area contributed by atoms with Crippen molar-refractivity contribution in [2.45, 2.75) is 26.9 Å². The minimum Gasteiger partial charge on any atom is -0.387 e. The quantitative estimate of drug-likeness (QED) is 0.768. The van der Waals surface area contributed by atoms with Crippen LogP contribution in [0, 0.1) is 13.8 Å². The van der Waals surface area contributed by atoms with E-state index < -0.39 is 6.10 Å². The van der Waals surface area contributed by atoms with Gasteiger partial charge >= 0.3 is 0 Å². The molecule has 2 heterocycles. The standard InChI is InChI=1S/C17H18N2O/c1-11-6-8-14(9-7-11)15-16(13(3)20)19-10-4-5-12(2)17(19)18-15/h4-10,13,20H,1-3H3. The molecule has 3 heteroatoms. The molecular weight excluding hydrogens is 248 g/mol. The first-order chi connectivity index (χ1) is 9.58. The van der Waals surface area contributed by atoms with Crippen molar-refractivity contribution < 1.29 is 5.11 Å². The summed E-state index contributed by atoms with van der Waals surface area (Å²) in [5, 5.41) is 10.1. The van der Waals surface area contributed by atoms with E-state index in [1.807, 2.05) is 29.7 Å². The van der Waals surface area contributed by atoms with E-state index in [1.54, 1.807) is 6.92 Å². The van der Waals surface area contributed by atoms with E-state index in [0.29, 0.717) is 0 Å². The Labute approximate surface area is 118 Å². The third-order valence-corrected chi connectivity index (χ3v) is 3.60. The van der Waals surface area contributed by atoms with Crippen molar-refractivity contribution in [2.24, 2.45) is 0 Å². The van der Waals surface area contributed by atoms with Crippen LogP contribution in [0.2, 0.25) is 0 Å². The van der Waals surface area contributed by atoms with E-state index in [2.05, 4.69) is 31.2 Å². The van der Waals surface area contributed by atoms with Gasteiger partial charge in [-0.05, 0) is 32.4 Å². The molecule has 0 saturated carbocycles. The Morgan fingerprint density at radius 1 is 1.10 bits per heavy atom. The summed E-state index contributed by atoms with van der Waals surface area (Å²) >= 11 is 0. The molecule has 0 aliphatic carbocycles. The molecule has 0 radical (unpaired) electrons. The van der Waals surface area contributed by atoms with Gasteiger partial charge in [0.05, 0.1) is 17.5 Å². The number of pyridine rings is 1. The van der Waals surface area contributed by atoms with Crippen LogP contribution in [0.3, 0.4) is 0 Å². The average molecular weight is 266 g/mol. The topological polar surface area (TPSA) is 37.5 Å². The van der Waals surface area contributed by atoms with Gasteiger partial charge in [0.1, 0.15) is 5.65 Å². The molecule has 1 unspecified atom stereocenters. The van der Waals surface area contributed by atoms with E-state index in [1.165, 1.54) is 5.56 Å². The van der Waals surface area contributed by atoms with Crippen molar-refractivity contribution in [3.05, 3.63) is 59.4 Å². The summed E-state index contributed by atoms with van der Waals surface area (Å²) in [7, 11) is 0. The summed E-state index contributed by atoms with van der Waals surface area (Å²) in [6.07, 6.45) is 1.39. The van der Waals surface area contributed by atoms with E-state index in [9.17, 15) is 5.11 Å². The lowest BCUT2D eigenvalue weighted by Gasteiger charge is -2.08. The average Bonchev–Trinajstić information content (AvgIpc) is 2.80. The number of fused-ring (bicyclic) bond motifs is 1. The fraction of sp³-hybridized carbons (Fsp3) is 0.235. The van der Waals surface area contributed by atoms with Crippen LogP contribution in [0.1, 0.15) is 29.8 Å². The minimum absolute atomic E-state index is 0.567. The Bertz CT molecular complexity index is 755. The molecule has 0 amide bonds. The highest BCUT2D eigenvalue weighted by Crippen LogP contribution is 2.30. The van der Waals surface area contributed by atoms with Crippen molar-refractivity contribution in [2.75, 3.05) is 0 Å². The number of rotatable bonds is 2. The molecule has 3 nitrogen and oxygen atoms in total. The van der Waals surface area contributed by atoms with Crippen LogP contribution in [-0.4, -0.2) is 14.5 Å². The fourth-order valence-corrected chi connectivity index (χ4v) is 2.55. The summed E-state index contributed by atoms with van der Waals surface area (Å²) < 4.78 is 1.98. The van der Waals surface area contributed by atoms with Gasteiger partial charge in [0, 0.05) is 11.8 Å². The van der Waals surface area contributed by atoms with Crippen LogP contribution >= 0.6 is 0 Å². The second-order valence-corrected chi connectivity index (χ2v) is 5.27. The van der Waals surface area contributed by atoms with Gasteiger partial charge in [-0.1, -0.05) is 35.9 Å². The smallest absolute Gasteiger partial charge is 0.140 e. The Kier molecular flexibility index (Phi) is 3.07. The molecule has 1 N–H and O–H groups in total. The number of benzene rings is 1. The summed E-state index contributed by atoms with van der Waals surface area (Å²) in [6.45, 7) is 5.88. The monoisotopic (exact) mass is 266 g/mol. The van der Waals surface area contributed by atoms with Crippen molar-refractivity contribution in [1.82, 2.24) is 9.38 Å². The molecule has 0 fully saturated rings. The summed E-state index contributed by atoms with van der Waals surface area (Å²) in [6, 6.07) is 12.3. The third-order valence-electron chi connectivity index (χ3n) is 3.60. The van der Waals surface area contributed by atoms with Crippen LogP contribution < -0.4 is 0 Å². The lowest BCUT2D eigenvalue weighted by molar-refractivity contribution is 0.194. The van der Waals surface area contributed by atoms with Gasteiger partial charge in [0.15, 0.2) is 0 Å². The lowest BCUT2D eigenvalue weighted by atomic mass is 10.1. The van der Waals surface area contributed by atoms with Gasteiger partial charge in [-0.3, -0.25) is 0 Å². The Morgan fingerprint density at radius 3 is 2.45 bits per heavy atom. The maximum Gasteiger partial charge on any atom is 0.140 e. The number of nitrogens with zero attached hydrogens (tertiary/aromatic N) is 2. The fourth-order valence-electron chi connectivity index (χ4n) is 2.55. The van der Waals surface area contributed by atoms with Crippen LogP contribution in [0.25, 0.3) is 16.9 Å². The molecule has 20 heavy (non-hydrogen) atoms. The normalized spacial score (nSPS) is 12.8. The Hall–Kier alpha value is -2.13. The number of aliphatic hydroxyl groups excluding tert-OH is 1. The molecule has 0 bridgehead atoms. The van der Waals surface area contributed by atoms with Crippen LogP contribution in [0.5, 0.6) is 0 Å². The van der Waals surface area contributed by atoms with Gasteiger partial charge < -0.3 is 9.51 Å². The molecular formula is C17H18N2O. The molecule has 1 aromatic carbocycles. The first-order valence-electron chi connectivity index (χ1n) is 6.80. The molecule has 3 aromatic rings. The predicted molar refractivity (Wildman–Crippen MR) is 80.7 cm³/mol. The van der Waals surface area contributed by atoms with Crippen LogP contribution in [0.15, 0.2) is 42.6 Å². The predicted octanol–water partition coefficient (Wildman–Crippen LogP) is 3.67. The molecule has 3 rings (SSSR count). The SMILES string of the molecule is Cc1ccc(-c2nc3c(C)cccn3c2C(C)O)cc1. The number of aryl methyl sites for hydroxylation is 2. The maximum absolute atomic E-state index is 10.1. The number of hydrogen-bond acceptors (Lipinski definition) is 2. The highest BCUT2D eigenvalue weighted by atomic mass is 16.3. The summed E-state index contributed by atoms with van der Waals surface area (Å²) in [5.74, 6) is 0. The zero-order chi connectivity index (χ0) is 14.3. The molecule has 0 spiro atoms. The van der Waals surface area contributed by atoms with Crippen LogP contribution in [0.4, 0.5) is 0 Å². The van der Waals surface area contributed by atoms with Gasteiger partial charge in [-0.25, -0.2) is 4.98 Å². The molecule has 0 saturated heterocycles. The lowest BCUT2D eigenvalue weighted by Crippen LogP contribution is -1.99. The van der Waals surface area contributed by atoms with Crippen molar-refractivity contribution in [3.63, 3.8) is 0 Å². The minimum atomic E-state index is -0.567. The number of hydrogen-bond donors (Lipinski definition) is 1. The maximum atomic E-state index is 10.1. The molecule has 0 aliphatic rings. The highest BCUT2D eigenvalue weighted by Gasteiger charge is 2.18. The Morgan fingerprint density at radius 2 is 1.80 bits per heavy atom. The third kappa shape index (κ3) is 2.00. The highest BCUT2D eigenvalue weighted by molar-refractivity contribution is 5.68. The number of aromatic nitrogens is 2. The van der Waals surface area contributed by atoms with Gasteiger partial charge in [-0.2, -0.15) is 0 Å². The first kappa shape index (κ1) is 12.9.